The van der Waals surface area contributed by atoms with Crippen molar-refractivity contribution in [3.8, 4) is 5.75 Å². The predicted molar refractivity (Wildman–Crippen MR) is 237 cm³/mol. The molecule has 0 bridgehead atoms. The Morgan fingerprint density at radius 1 is 0.862 bits per heavy atom. The van der Waals surface area contributed by atoms with Crippen LogP contribution in [0.5, 0.6) is 5.75 Å². The quantitative estimate of drug-likeness (QED) is 0.263. The minimum absolute atomic E-state index is 0.0381. The van der Waals surface area contributed by atoms with Gasteiger partial charge in [-0.2, -0.15) is 0 Å². The number of anilines is 1. The molecule has 65 heavy (non-hydrogen) atoms. The maximum absolute atomic E-state index is 15.0. The molecule has 6 rings (SSSR count). The van der Waals surface area contributed by atoms with Gasteiger partial charge in [0.1, 0.15) is 42.1 Å². The fourth-order valence-electron chi connectivity index (χ4n) is 8.46. The topological polar surface area (TPSA) is 217 Å². The molecule has 1 aromatic heterocycles. The van der Waals surface area contributed by atoms with Crippen LogP contribution in [0.15, 0.2) is 72.9 Å². The van der Waals surface area contributed by atoms with Gasteiger partial charge in [-0.3, -0.25) is 33.6 Å². The van der Waals surface area contributed by atoms with Crippen LogP contribution in [0.4, 0.5) is 5.69 Å². The number of esters is 1. The number of cyclic esters (lactones) is 1. The normalized spacial score (nSPS) is 25.0. The van der Waals surface area contributed by atoms with Crippen LogP contribution in [0.2, 0.25) is 0 Å². The number of fused-ring (bicyclic) bond motifs is 2. The van der Waals surface area contributed by atoms with Gasteiger partial charge in [-0.15, -0.1) is 0 Å². The lowest BCUT2D eigenvalue weighted by atomic mass is 9.95. The highest BCUT2D eigenvalue weighted by molar-refractivity contribution is 6.01. The van der Waals surface area contributed by atoms with Gasteiger partial charge in [0.2, 0.25) is 29.5 Å². The van der Waals surface area contributed by atoms with Crippen molar-refractivity contribution in [2.75, 3.05) is 45.7 Å². The van der Waals surface area contributed by atoms with E-state index in [-0.39, 0.29) is 74.6 Å². The van der Waals surface area contributed by atoms with Crippen molar-refractivity contribution < 1.29 is 47.8 Å². The Labute approximate surface area is 378 Å². The van der Waals surface area contributed by atoms with E-state index >= 15 is 4.79 Å². The Kier molecular flexibility index (Phi) is 15.5. The Hall–Kier alpha value is -6.85. The van der Waals surface area contributed by atoms with E-state index in [1.165, 1.54) is 40.9 Å². The van der Waals surface area contributed by atoms with Crippen molar-refractivity contribution in [2.45, 2.75) is 102 Å². The number of Topliss-reactive ketones (excluding diaryl/α,β-unsaturated/α-hetero) is 1. The van der Waals surface area contributed by atoms with Crippen molar-refractivity contribution in [1.82, 2.24) is 35.6 Å². The zero-order valence-electron chi connectivity index (χ0n) is 37.7. The Morgan fingerprint density at radius 2 is 1.57 bits per heavy atom. The molecule has 0 radical (unpaired) electrons. The average Bonchev–Trinajstić information content (AvgIpc) is 3.80. The number of pyridine rings is 1. The zero-order chi connectivity index (χ0) is 46.9. The minimum atomic E-state index is -1.63. The molecule has 6 amide bonds. The van der Waals surface area contributed by atoms with Crippen LogP contribution in [0, 0.1) is 0 Å². The Morgan fingerprint density at radius 3 is 2.25 bits per heavy atom. The Bertz CT molecular complexity index is 2260. The standard InChI is InChI=1S/C47H58N8O10/c1-7-33-44(60)54-24-13-16-34(54)45(61)53(6)36(26-29-18-20-31(21-19-29)52(4)5)46(62)55-25-22-32(56)27-35(55)41(57)51-39(30-14-10-9-11-15-30)47(63)65-28(3)38(42(58)49-33)50-43(59)40-37(64-8-2)17-12-23-48-40/h9-12,14-15,17-21,23,28,33-36,38-39H,7-8,13,16,22,24-27H2,1-6H3,(H,49,58)(H,50,59)(H,51,57)/t28-,33-,34+,35+,36+,38+,39+/m1/s1. The van der Waals surface area contributed by atoms with Gasteiger partial charge in [-0.05, 0) is 68.5 Å². The van der Waals surface area contributed by atoms with E-state index in [2.05, 4.69) is 20.9 Å². The molecule has 3 N–H and O–H groups in total. The van der Waals surface area contributed by atoms with E-state index in [1.54, 1.807) is 50.2 Å². The van der Waals surface area contributed by atoms with E-state index in [0.717, 1.165) is 5.69 Å². The number of ketones is 1. The molecule has 0 aliphatic carbocycles. The molecule has 0 spiro atoms. The van der Waals surface area contributed by atoms with Crippen LogP contribution in [-0.4, -0.2) is 144 Å². The molecule has 3 fully saturated rings. The third-order valence-electron chi connectivity index (χ3n) is 12.1. The highest BCUT2D eigenvalue weighted by Gasteiger charge is 2.46. The lowest BCUT2D eigenvalue weighted by Gasteiger charge is -2.40. The smallest absolute Gasteiger partial charge is 0.333 e. The van der Waals surface area contributed by atoms with Crippen LogP contribution in [0.25, 0.3) is 0 Å². The summed E-state index contributed by atoms with van der Waals surface area (Å²) >= 11 is 0. The molecular formula is C47H58N8O10. The van der Waals surface area contributed by atoms with E-state index in [1.807, 2.05) is 43.3 Å². The lowest BCUT2D eigenvalue weighted by molar-refractivity contribution is -0.156. The number of benzene rings is 2. The zero-order valence-corrected chi connectivity index (χ0v) is 37.7. The SMILES string of the molecule is CCOc1cccnc1C(=O)N[C@@H]1C(=O)N[C@H](CC)C(=O)N2CCC[C@H]2C(=O)N(C)[C@@H](Cc2ccc(N(C)C)cc2)C(=O)N2CCC(=O)C[C@H]2C(=O)N[C@@H](c2ccccc2)C(=O)O[C@@H]1C. The first-order chi connectivity index (χ1) is 31.1. The molecule has 0 unspecified atom stereocenters. The second-order valence-electron chi connectivity index (χ2n) is 16.7. The number of carbonyl (C=O) groups is 8. The molecule has 3 aromatic rings. The largest absolute Gasteiger partial charge is 0.491 e. The molecule has 3 saturated heterocycles. The van der Waals surface area contributed by atoms with Crippen molar-refractivity contribution >= 4 is 52.9 Å². The number of carbonyl (C=O) groups excluding carboxylic acids is 8. The van der Waals surface area contributed by atoms with Crippen LogP contribution < -0.4 is 25.6 Å². The van der Waals surface area contributed by atoms with Gasteiger partial charge in [0, 0.05) is 65.4 Å². The molecule has 3 aliphatic heterocycles. The van der Waals surface area contributed by atoms with Gasteiger partial charge < -0.3 is 45.0 Å². The number of nitrogens with one attached hydrogen (secondary N) is 3. The number of nitrogens with zero attached hydrogens (tertiary/aromatic N) is 5. The first-order valence-electron chi connectivity index (χ1n) is 22.0. The van der Waals surface area contributed by atoms with Crippen molar-refractivity contribution in [3.63, 3.8) is 0 Å². The lowest BCUT2D eigenvalue weighted by Crippen LogP contribution is -2.61. The van der Waals surface area contributed by atoms with Gasteiger partial charge in [-0.1, -0.05) is 49.4 Å². The first kappa shape index (κ1) is 47.6. The molecular weight excluding hydrogens is 837 g/mol. The predicted octanol–water partition coefficient (Wildman–Crippen LogP) is 1.96. The highest BCUT2D eigenvalue weighted by atomic mass is 16.5. The van der Waals surface area contributed by atoms with Crippen molar-refractivity contribution in [2.24, 2.45) is 0 Å². The summed E-state index contributed by atoms with van der Waals surface area (Å²) in [5.74, 6) is -5.40. The summed E-state index contributed by atoms with van der Waals surface area (Å²) in [7, 11) is 5.28. The summed E-state index contributed by atoms with van der Waals surface area (Å²) in [4.78, 5) is 125. The summed E-state index contributed by atoms with van der Waals surface area (Å²) < 4.78 is 11.5. The molecule has 346 valence electrons. The van der Waals surface area contributed by atoms with E-state index in [4.69, 9.17) is 9.47 Å². The Balaban J connectivity index is 1.43. The fourth-order valence-corrected chi connectivity index (χ4v) is 8.46. The van der Waals surface area contributed by atoms with Crippen LogP contribution in [0.1, 0.15) is 80.5 Å². The summed E-state index contributed by atoms with van der Waals surface area (Å²) in [6.07, 6.45) is 0.403. The summed E-state index contributed by atoms with van der Waals surface area (Å²) in [5, 5.41) is 8.06. The van der Waals surface area contributed by atoms with E-state index < -0.39 is 83.8 Å². The summed E-state index contributed by atoms with van der Waals surface area (Å²) in [6, 6.07) is 10.8. The molecule has 0 saturated carbocycles. The number of likely N-dealkylation sites (N-methyl/N-ethyl adjacent to an activating group) is 1. The number of hydrogen-bond acceptors (Lipinski definition) is 12. The maximum atomic E-state index is 15.0. The number of piperidine rings is 1. The molecule has 18 nitrogen and oxygen atoms in total. The number of aromatic nitrogens is 1. The van der Waals surface area contributed by atoms with E-state index in [9.17, 15) is 33.6 Å². The number of rotatable bonds is 9. The molecule has 2 aromatic carbocycles. The van der Waals surface area contributed by atoms with Gasteiger partial charge in [0.05, 0.1) is 6.61 Å². The molecule has 3 aliphatic rings. The van der Waals surface area contributed by atoms with Crippen LogP contribution >= 0.6 is 0 Å². The third kappa shape index (κ3) is 10.9. The number of amides is 6. The number of ether oxygens (including phenoxy) is 2. The average molecular weight is 895 g/mol. The molecule has 18 heteroatoms. The van der Waals surface area contributed by atoms with Gasteiger partial charge in [0.25, 0.3) is 5.91 Å². The third-order valence-corrected chi connectivity index (χ3v) is 12.1. The second-order valence-corrected chi connectivity index (χ2v) is 16.7. The van der Waals surface area contributed by atoms with Gasteiger partial charge >= 0.3 is 5.97 Å². The molecule has 7 atom stereocenters. The highest BCUT2D eigenvalue weighted by Crippen LogP contribution is 2.27. The summed E-state index contributed by atoms with van der Waals surface area (Å²) in [5.41, 5.74) is 1.76. The monoisotopic (exact) mass is 894 g/mol. The van der Waals surface area contributed by atoms with Crippen molar-refractivity contribution in [1.29, 1.82) is 0 Å². The second kappa shape index (κ2) is 21.2. The van der Waals surface area contributed by atoms with Crippen LogP contribution in [0.3, 0.4) is 0 Å². The van der Waals surface area contributed by atoms with Gasteiger partial charge in [-0.25, -0.2) is 9.78 Å². The van der Waals surface area contributed by atoms with Gasteiger partial charge in [0.15, 0.2) is 17.5 Å². The maximum Gasteiger partial charge on any atom is 0.333 e. The van der Waals surface area contributed by atoms with E-state index in [0.29, 0.717) is 12.0 Å². The number of hydrogen-bond donors (Lipinski definition) is 3. The first-order valence-corrected chi connectivity index (χ1v) is 22.0. The summed E-state index contributed by atoms with van der Waals surface area (Å²) in [6.45, 7) is 5.04. The fraction of sp³-hybridized carbons (Fsp3) is 0.468. The van der Waals surface area contributed by atoms with Crippen LogP contribution in [-0.2, 0) is 44.7 Å². The molecule has 4 heterocycles. The van der Waals surface area contributed by atoms with Crippen molar-refractivity contribution in [3.05, 3.63) is 89.7 Å². The minimum Gasteiger partial charge on any atom is -0.491 e.